The van der Waals surface area contributed by atoms with Crippen molar-refractivity contribution in [3.63, 3.8) is 0 Å². The molecule has 0 bridgehead atoms. The van der Waals surface area contributed by atoms with E-state index in [0.29, 0.717) is 11.4 Å². The molecule has 9 nitrogen and oxygen atoms in total. The van der Waals surface area contributed by atoms with Crippen molar-refractivity contribution in [2.45, 2.75) is 0 Å². The van der Waals surface area contributed by atoms with Gasteiger partial charge in [-0.25, -0.2) is 9.48 Å². The molecule has 1 amide bonds. The van der Waals surface area contributed by atoms with Crippen LogP contribution in [0.2, 0.25) is 0 Å². The molecule has 0 aliphatic carbocycles. The second kappa shape index (κ2) is 6.45. The van der Waals surface area contributed by atoms with Gasteiger partial charge in [-0.05, 0) is 30.3 Å². The highest BCUT2D eigenvalue weighted by Crippen LogP contribution is 2.25. The Labute approximate surface area is 148 Å². The number of esters is 1. The van der Waals surface area contributed by atoms with Crippen LogP contribution in [0.5, 0.6) is 0 Å². The summed E-state index contributed by atoms with van der Waals surface area (Å²) >= 11 is 0. The molecule has 4 N–H and O–H groups in total. The number of hydrogen-bond acceptors (Lipinski definition) is 6. The van der Waals surface area contributed by atoms with Crippen molar-refractivity contribution >= 4 is 17.6 Å². The van der Waals surface area contributed by atoms with E-state index in [-0.39, 0.29) is 22.6 Å². The smallest absolute Gasteiger partial charge is 0.357 e. The third-order valence-electron chi connectivity index (χ3n) is 3.78. The SMILES string of the molecule is COC(=O)c1c(N)c(C#N)cn1-c1ccc(-n2ccc(C(N)=O)n2)cc1. The van der Waals surface area contributed by atoms with Crippen molar-refractivity contribution in [2.24, 2.45) is 5.73 Å². The van der Waals surface area contributed by atoms with Crippen molar-refractivity contribution < 1.29 is 14.3 Å². The first-order chi connectivity index (χ1) is 12.5. The topological polar surface area (TPSA) is 142 Å². The monoisotopic (exact) mass is 350 g/mol. The standard InChI is InChI=1S/C17H14N6O3/c1-26-17(25)15-14(19)10(8-18)9-22(15)11-2-4-12(5-3-11)23-7-6-13(21-23)16(20)24/h2-7,9H,19H2,1H3,(H2,20,24). The lowest BCUT2D eigenvalue weighted by Crippen LogP contribution is -2.12. The highest BCUT2D eigenvalue weighted by molar-refractivity contribution is 5.96. The van der Waals surface area contributed by atoms with Crippen LogP contribution in [0.25, 0.3) is 11.4 Å². The van der Waals surface area contributed by atoms with E-state index >= 15 is 0 Å². The summed E-state index contributed by atoms with van der Waals surface area (Å²) in [6.45, 7) is 0. The van der Waals surface area contributed by atoms with E-state index in [1.807, 2.05) is 6.07 Å². The number of nitrogens with zero attached hydrogens (tertiary/aromatic N) is 4. The Hall–Kier alpha value is -4.06. The summed E-state index contributed by atoms with van der Waals surface area (Å²) in [5, 5.41) is 13.2. The quantitative estimate of drug-likeness (QED) is 0.672. The number of benzene rings is 1. The van der Waals surface area contributed by atoms with E-state index in [0.717, 1.165) is 0 Å². The molecule has 9 heteroatoms. The summed E-state index contributed by atoms with van der Waals surface area (Å²) in [5.74, 6) is -1.26. The minimum atomic E-state index is -0.647. The Morgan fingerprint density at radius 1 is 1.19 bits per heavy atom. The molecule has 0 fully saturated rings. The molecule has 3 aromatic rings. The Bertz CT molecular complexity index is 1040. The van der Waals surface area contributed by atoms with Crippen molar-refractivity contribution in [3.8, 4) is 17.4 Å². The first-order valence-electron chi connectivity index (χ1n) is 7.41. The average molecular weight is 350 g/mol. The van der Waals surface area contributed by atoms with Crippen LogP contribution < -0.4 is 11.5 Å². The van der Waals surface area contributed by atoms with E-state index in [9.17, 15) is 9.59 Å². The number of methoxy groups -OCH3 is 1. The van der Waals surface area contributed by atoms with Gasteiger partial charge in [0.05, 0.1) is 24.0 Å². The lowest BCUT2D eigenvalue weighted by molar-refractivity contribution is 0.0593. The zero-order chi connectivity index (χ0) is 18.8. The number of nitrogens with two attached hydrogens (primary N) is 2. The van der Waals surface area contributed by atoms with Gasteiger partial charge in [0, 0.05) is 18.1 Å². The van der Waals surface area contributed by atoms with Crippen LogP contribution in [0.3, 0.4) is 0 Å². The molecule has 0 aliphatic rings. The van der Waals surface area contributed by atoms with Gasteiger partial charge < -0.3 is 20.8 Å². The third kappa shape index (κ3) is 2.76. The average Bonchev–Trinajstić information content (AvgIpc) is 3.26. The Kier molecular flexibility index (Phi) is 4.16. The number of nitriles is 1. The molecule has 2 heterocycles. The van der Waals surface area contributed by atoms with E-state index in [1.165, 1.54) is 28.6 Å². The molecular formula is C17H14N6O3. The maximum absolute atomic E-state index is 12.0. The second-order valence-corrected chi connectivity index (χ2v) is 5.30. The lowest BCUT2D eigenvalue weighted by Gasteiger charge is -2.09. The number of aromatic nitrogens is 3. The van der Waals surface area contributed by atoms with Crippen molar-refractivity contribution in [1.82, 2.24) is 14.3 Å². The summed E-state index contributed by atoms with van der Waals surface area (Å²) in [6, 6.07) is 10.4. The minimum absolute atomic E-state index is 0.0570. The van der Waals surface area contributed by atoms with Gasteiger partial charge in [-0.2, -0.15) is 10.4 Å². The molecule has 0 saturated carbocycles. The molecule has 0 radical (unpaired) electrons. The fourth-order valence-electron chi connectivity index (χ4n) is 2.48. The van der Waals surface area contributed by atoms with Crippen LogP contribution in [-0.2, 0) is 4.74 Å². The van der Waals surface area contributed by atoms with Gasteiger partial charge in [0.2, 0.25) is 0 Å². The van der Waals surface area contributed by atoms with Crippen molar-refractivity contribution in [3.05, 3.63) is 59.7 Å². The van der Waals surface area contributed by atoms with E-state index in [1.54, 1.807) is 30.5 Å². The summed E-state index contributed by atoms with van der Waals surface area (Å²) in [4.78, 5) is 23.2. The fourth-order valence-corrected chi connectivity index (χ4v) is 2.48. The van der Waals surface area contributed by atoms with E-state index < -0.39 is 11.9 Å². The number of carbonyl (C=O) groups excluding carboxylic acids is 2. The molecule has 0 saturated heterocycles. The normalized spacial score (nSPS) is 10.3. The summed E-state index contributed by atoms with van der Waals surface area (Å²) < 4.78 is 7.73. The van der Waals surface area contributed by atoms with Crippen LogP contribution >= 0.6 is 0 Å². The van der Waals surface area contributed by atoms with Crippen molar-refractivity contribution in [2.75, 3.05) is 12.8 Å². The number of primary amides is 1. The van der Waals surface area contributed by atoms with Crippen LogP contribution in [0.4, 0.5) is 5.69 Å². The second-order valence-electron chi connectivity index (χ2n) is 5.30. The number of ether oxygens (including phenoxy) is 1. The molecule has 0 aliphatic heterocycles. The minimum Gasteiger partial charge on any atom is -0.464 e. The Morgan fingerprint density at radius 2 is 1.85 bits per heavy atom. The highest BCUT2D eigenvalue weighted by atomic mass is 16.5. The van der Waals surface area contributed by atoms with Crippen LogP contribution in [0, 0.1) is 11.3 Å². The fraction of sp³-hybridized carbons (Fsp3) is 0.0588. The first-order valence-corrected chi connectivity index (χ1v) is 7.41. The number of hydrogen-bond donors (Lipinski definition) is 2. The Balaban J connectivity index is 2.02. The number of anilines is 1. The molecule has 1 aromatic carbocycles. The van der Waals surface area contributed by atoms with E-state index in [2.05, 4.69) is 5.10 Å². The van der Waals surface area contributed by atoms with Crippen LogP contribution in [0.15, 0.2) is 42.7 Å². The Morgan fingerprint density at radius 3 is 2.38 bits per heavy atom. The lowest BCUT2D eigenvalue weighted by atomic mass is 10.2. The van der Waals surface area contributed by atoms with Crippen molar-refractivity contribution in [1.29, 1.82) is 5.26 Å². The predicted molar refractivity (Wildman–Crippen MR) is 91.9 cm³/mol. The van der Waals surface area contributed by atoms with Gasteiger partial charge >= 0.3 is 5.97 Å². The van der Waals surface area contributed by atoms with Crippen LogP contribution in [-0.4, -0.2) is 33.3 Å². The predicted octanol–water partition coefficient (Wildman–Crippen LogP) is 1.00. The number of rotatable bonds is 4. The molecule has 0 unspecified atom stereocenters. The molecule has 3 rings (SSSR count). The summed E-state index contributed by atoms with van der Waals surface area (Å²) in [6.07, 6.45) is 3.08. The van der Waals surface area contributed by atoms with Gasteiger partial charge in [-0.15, -0.1) is 0 Å². The summed E-state index contributed by atoms with van der Waals surface area (Å²) in [5.41, 5.74) is 12.8. The number of amides is 1. The maximum Gasteiger partial charge on any atom is 0.357 e. The van der Waals surface area contributed by atoms with Gasteiger partial charge in [-0.1, -0.05) is 0 Å². The van der Waals surface area contributed by atoms with Crippen LogP contribution in [0.1, 0.15) is 26.5 Å². The van der Waals surface area contributed by atoms with Gasteiger partial charge in [-0.3, -0.25) is 4.79 Å². The third-order valence-corrected chi connectivity index (χ3v) is 3.78. The van der Waals surface area contributed by atoms with Gasteiger partial charge in [0.15, 0.2) is 5.69 Å². The molecule has 0 spiro atoms. The van der Waals surface area contributed by atoms with Gasteiger partial charge in [0.25, 0.3) is 5.91 Å². The molecule has 130 valence electrons. The zero-order valence-corrected chi connectivity index (χ0v) is 13.7. The van der Waals surface area contributed by atoms with Gasteiger partial charge in [0.1, 0.15) is 11.8 Å². The summed E-state index contributed by atoms with van der Waals surface area (Å²) in [7, 11) is 1.24. The largest absolute Gasteiger partial charge is 0.464 e. The first kappa shape index (κ1) is 16.8. The molecule has 0 atom stereocenters. The molecule has 26 heavy (non-hydrogen) atoms. The molecular weight excluding hydrogens is 336 g/mol. The number of nitrogen functional groups attached to an aromatic ring is 1. The number of carbonyl (C=O) groups is 2. The zero-order valence-electron chi connectivity index (χ0n) is 13.7. The van der Waals surface area contributed by atoms with E-state index in [4.69, 9.17) is 21.5 Å². The molecule has 2 aromatic heterocycles. The maximum atomic E-state index is 12.0. The highest BCUT2D eigenvalue weighted by Gasteiger charge is 2.21.